The highest BCUT2D eigenvalue weighted by Gasteiger charge is 2.38. The van der Waals surface area contributed by atoms with Crippen LogP contribution in [0.3, 0.4) is 0 Å². The molecule has 0 spiro atoms. The molecule has 2 rings (SSSR count). The molecule has 1 aliphatic rings. The standard InChI is InChI=1S/C11H13N3O2/c1-11(13-14-12)6-7-4-9(15-2)10(16-3)5-8(7)11/h4-5H,6H2,1-3H3. The van der Waals surface area contributed by atoms with Crippen LogP contribution < -0.4 is 9.47 Å². The van der Waals surface area contributed by atoms with Crippen molar-refractivity contribution in [2.24, 2.45) is 5.11 Å². The Hall–Kier alpha value is -1.87. The Morgan fingerprint density at radius 3 is 2.50 bits per heavy atom. The summed E-state index contributed by atoms with van der Waals surface area (Å²) in [6.45, 7) is 1.92. The zero-order valence-electron chi connectivity index (χ0n) is 9.52. The zero-order chi connectivity index (χ0) is 11.8. The first-order valence-corrected chi connectivity index (χ1v) is 4.96. The van der Waals surface area contributed by atoms with Crippen molar-refractivity contribution < 1.29 is 9.47 Å². The second-order valence-corrected chi connectivity index (χ2v) is 4.00. The molecule has 1 aliphatic carbocycles. The van der Waals surface area contributed by atoms with E-state index in [1.54, 1.807) is 14.2 Å². The maximum absolute atomic E-state index is 8.52. The molecule has 16 heavy (non-hydrogen) atoms. The third-order valence-electron chi connectivity index (χ3n) is 2.99. The predicted molar refractivity (Wildman–Crippen MR) is 59.7 cm³/mol. The van der Waals surface area contributed by atoms with Gasteiger partial charge in [-0.05, 0) is 42.1 Å². The van der Waals surface area contributed by atoms with E-state index in [-0.39, 0.29) is 0 Å². The van der Waals surface area contributed by atoms with Gasteiger partial charge in [-0.1, -0.05) is 5.11 Å². The molecular weight excluding hydrogens is 206 g/mol. The van der Waals surface area contributed by atoms with Crippen LogP contribution in [0, 0.1) is 0 Å². The van der Waals surface area contributed by atoms with Gasteiger partial charge in [-0.3, -0.25) is 0 Å². The van der Waals surface area contributed by atoms with E-state index < -0.39 is 5.54 Å². The van der Waals surface area contributed by atoms with Crippen molar-refractivity contribution in [1.29, 1.82) is 0 Å². The molecule has 0 N–H and O–H groups in total. The molecule has 0 fully saturated rings. The lowest BCUT2D eigenvalue weighted by atomic mass is 9.72. The van der Waals surface area contributed by atoms with Gasteiger partial charge in [-0.15, -0.1) is 0 Å². The SMILES string of the molecule is COc1cc2c(cc1OC)C(C)(N=[N+]=[N-])C2. The molecular formula is C11H13N3O2. The van der Waals surface area contributed by atoms with Gasteiger partial charge in [0.1, 0.15) is 0 Å². The van der Waals surface area contributed by atoms with Crippen LogP contribution in [0.5, 0.6) is 11.5 Å². The lowest BCUT2D eigenvalue weighted by molar-refractivity contribution is 0.345. The summed E-state index contributed by atoms with van der Waals surface area (Å²) in [5.74, 6) is 1.38. The number of fused-ring (bicyclic) bond motifs is 1. The van der Waals surface area contributed by atoms with Crippen LogP contribution in [0.2, 0.25) is 0 Å². The zero-order valence-corrected chi connectivity index (χ0v) is 9.52. The minimum Gasteiger partial charge on any atom is -0.493 e. The minimum atomic E-state index is -0.441. The second-order valence-electron chi connectivity index (χ2n) is 4.00. The number of hydrogen-bond donors (Lipinski definition) is 0. The summed E-state index contributed by atoms with van der Waals surface area (Å²) in [5, 5.41) is 3.82. The van der Waals surface area contributed by atoms with E-state index in [0.717, 1.165) is 17.5 Å². The summed E-state index contributed by atoms with van der Waals surface area (Å²) >= 11 is 0. The van der Waals surface area contributed by atoms with Crippen molar-refractivity contribution in [1.82, 2.24) is 0 Å². The van der Waals surface area contributed by atoms with Crippen LogP contribution in [0.15, 0.2) is 17.2 Å². The second kappa shape index (κ2) is 3.61. The number of rotatable bonds is 3. The van der Waals surface area contributed by atoms with E-state index in [4.69, 9.17) is 15.0 Å². The quantitative estimate of drug-likeness (QED) is 0.445. The first-order valence-electron chi connectivity index (χ1n) is 4.96. The molecule has 84 valence electrons. The summed E-state index contributed by atoms with van der Waals surface area (Å²) < 4.78 is 10.4. The van der Waals surface area contributed by atoms with Crippen LogP contribution in [-0.4, -0.2) is 14.2 Å². The largest absolute Gasteiger partial charge is 0.493 e. The third kappa shape index (κ3) is 1.37. The van der Waals surface area contributed by atoms with Gasteiger partial charge in [-0.2, -0.15) is 0 Å². The molecule has 0 saturated carbocycles. The van der Waals surface area contributed by atoms with Gasteiger partial charge in [0.25, 0.3) is 0 Å². The molecule has 1 aromatic rings. The summed E-state index contributed by atoms with van der Waals surface area (Å²) in [4.78, 5) is 2.88. The van der Waals surface area contributed by atoms with E-state index in [0.29, 0.717) is 11.5 Å². The maximum Gasteiger partial charge on any atom is 0.161 e. The fourth-order valence-electron chi connectivity index (χ4n) is 2.12. The first kappa shape index (κ1) is 10.6. The van der Waals surface area contributed by atoms with Crippen LogP contribution in [0.1, 0.15) is 18.1 Å². The van der Waals surface area contributed by atoms with Crippen LogP contribution in [0.25, 0.3) is 10.4 Å². The number of methoxy groups -OCH3 is 2. The van der Waals surface area contributed by atoms with Crippen molar-refractivity contribution in [3.05, 3.63) is 33.7 Å². The van der Waals surface area contributed by atoms with Gasteiger partial charge in [0.2, 0.25) is 0 Å². The maximum atomic E-state index is 8.52. The lowest BCUT2D eigenvalue weighted by Gasteiger charge is -2.37. The topological polar surface area (TPSA) is 67.2 Å². The number of hydrogen-bond acceptors (Lipinski definition) is 3. The average Bonchev–Trinajstić information content (AvgIpc) is 2.27. The Balaban J connectivity index is 2.49. The molecule has 1 unspecified atom stereocenters. The minimum absolute atomic E-state index is 0.441. The molecule has 0 radical (unpaired) electrons. The normalized spacial score (nSPS) is 21.4. The predicted octanol–water partition coefficient (Wildman–Crippen LogP) is 2.79. The fourth-order valence-corrected chi connectivity index (χ4v) is 2.12. The van der Waals surface area contributed by atoms with Gasteiger partial charge in [0.05, 0.1) is 19.8 Å². The molecule has 0 heterocycles. The Morgan fingerprint density at radius 1 is 1.31 bits per heavy atom. The van der Waals surface area contributed by atoms with E-state index in [2.05, 4.69) is 10.0 Å². The number of benzene rings is 1. The van der Waals surface area contributed by atoms with Crippen molar-refractivity contribution >= 4 is 0 Å². The van der Waals surface area contributed by atoms with Gasteiger partial charge in [0, 0.05) is 4.91 Å². The molecule has 5 heteroatoms. The molecule has 0 aromatic heterocycles. The molecule has 5 nitrogen and oxygen atoms in total. The summed E-state index contributed by atoms with van der Waals surface area (Å²) in [6.07, 6.45) is 0.743. The average molecular weight is 219 g/mol. The first-order chi connectivity index (χ1) is 7.64. The van der Waals surface area contributed by atoms with Gasteiger partial charge in [-0.25, -0.2) is 0 Å². The Kier molecular flexibility index (Phi) is 2.40. The molecule has 0 saturated heterocycles. The molecule has 0 amide bonds. The van der Waals surface area contributed by atoms with E-state index in [1.165, 1.54) is 0 Å². The van der Waals surface area contributed by atoms with Crippen molar-refractivity contribution in [3.63, 3.8) is 0 Å². The molecule has 1 atom stereocenters. The molecule has 0 bridgehead atoms. The molecule has 1 aromatic carbocycles. The van der Waals surface area contributed by atoms with E-state index in [1.807, 2.05) is 19.1 Å². The van der Waals surface area contributed by atoms with Crippen LogP contribution >= 0.6 is 0 Å². The van der Waals surface area contributed by atoms with E-state index in [9.17, 15) is 0 Å². The highest BCUT2D eigenvalue weighted by atomic mass is 16.5. The monoisotopic (exact) mass is 219 g/mol. The van der Waals surface area contributed by atoms with Gasteiger partial charge >= 0.3 is 0 Å². The lowest BCUT2D eigenvalue weighted by Crippen LogP contribution is -2.33. The number of nitrogens with zero attached hydrogens (tertiary/aromatic N) is 3. The third-order valence-corrected chi connectivity index (χ3v) is 2.99. The van der Waals surface area contributed by atoms with E-state index >= 15 is 0 Å². The summed E-state index contributed by atoms with van der Waals surface area (Å²) in [7, 11) is 3.20. The van der Waals surface area contributed by atoms with Crippen molar-refractivity contribution in [2.75, 3.05) is 14.2 Å². The summed E-state index contributed by atoms with van der Waals surface area (Å²) in [6, 6.07) is 3.81. The number of azide groups is 1. The smallest absolute Gasteiger partial charge is 0.161 e. The van der Waals surface area contributed by atoms with Crippen LogP contribution in [0.4, 0.5) is 0 Å². The summed E-state index contributed by atoms with van der Waals surface area (Å²) in [5.41, 5.74) is 10.2. The highest BCUT2D eigenvalue weighted by molar-refractivity contribution is 5.55. The van der Waals surface area contributed by atoms with Crippen molar-refractivity contribution in [3.8, 4) is 11.5 Å². The Labute approximate surface area is 93.6 Å². The Bertz CT molecular complexity index is 480. The van der Waals surface area contributed by atoms with Gasteiger partial charge < -0.3 is 9.47 Å². The Morgan fingerprint density at radius 2 is 1.94 bits per heavy atom. The van der Waals surface area contributed by atoms with Gasteiger partial charge in [0.15, 0.2) is 11.5 Å². The molecule has 0 aliphatic heterocycles. The fraction of sp³-hybridized carbons (Fsp3) is 0.455. The highest BCUT2D eigenvalue weighted by Crippen LogP contribution is 2.46. The van der Waals surface area contributed by atoms with Crippen molar-refractivity contribution in [2.45, 2.75) is 18.9 Å². The van der Waals surface area contributed by atoms with Crippen LogP contribution in [-0.2, 0) is 12.0 Å². The number of ether oxygens (including phenoxy) is 2.